The van der Waals surface area contributed by atoms with Crippen LogP contribution in [0.15, 0.2) is 47.5 Å². The molecule has 1 heterocycles. The highest BCUT2D eigenvalue weighted by Crippen LogP contribution is 2.24. The van der Waals surface area contributed by atoms with Gasteiger partial charge in [0, 0.05) is 29.3 Å². The van der Waals surface area contributed by atoms with Crippen LogP contribution in [0.3, 0.4) is 0 Å². The molecular weight excluding hydrogens is 381 g/mol. The molecule has 140 valence electrons. The van der Waals surface area contributed by atoms with Gasteiger partial charge in [0.05, 0.1) is 10.4 Å². The maximum absolute atomic E-state index is 13.7. The van der Waals surface area contributed by atoms with Crippen LogP contribution in [0.5, 0.6) is 0 Å². The minimum atomic E-state index is -4.47. The fraction of sp³-hybridized carbons (Fsp3) is 0.0556. The van der Waals surface area contributed by atoms with E-state index >= 15 is 0 Å². The summed E-state index contributed by atoms with van der Waals surface area (Å²) in [5.74, 6) is -3.77. The fourth-order valence-corrected chi connectivity index (χ4v) is 3.55. The van der Waals surface area contributed by atoms with Crippen LogP contribution in [-0.2, 0) is 14.8 Å². The Balaban J connectivity index is 1.85. The van der Waals surface area contributed by atoms with Gasteiger partial charge in [-0.15, -0.1) is 0 Å². The van der Waals surface area contributed by atoms with Crippen molar-refractivity contribution in [2.24, 2.45) is 0 Å². The number of nitrogens with one attached hydrogen (secondary N) is 2. The summed E-state index contributed by atoms with van der Waals surface area (Å²) < 4.78 is 65.9. The van der Waals surface area contributed by atoms with Crippen molar-refractivity contribution in [3.63, 3.8) is 0 Å². The number of sulfonamides is 1. The Bertz CT molecular complexity index is 1160. The van der Waals surface area contributed by atoms with E-state index in [4.69, 9.17) is 0 Å². The Morgan fingerprint density at radius 3 is 2.33 bits per heavy atom. The third-order valence-corrected chi connectivity index (χ3v) is 5.11. The molecule has 0 saturated carbocycles. The molecule has 0 bridgehead atoms. The molecule has 1 amide bonds. The van der Waals surface area contributed by atoms with Gasteiger partial charge in [0.2, 0.25) is 0 Å². The Labute approximate surface area is 152 Å². The summed E-state index contributed by atoms with van der Waals surface area (Å²) in [6, 6.07) is 4.19. The van der Waals surface area contributed by atoms with Gasteiger partial charge in [-0.2, -0.15) is 0 Å². The molecule has 3 rings (SSSR count). The van der Waals surface area contributed by atoms with E-state index in [0.29, 0.717) is 34.7 Å². The Kier molecular flexibility index (Phi) is 4.79. The second-order valence-corrected chi connectivity index (χ2v) is 7.48. The highest BCUT2D eigenvalue weighted by atomic mass is 32.2. The van der Waals surface area contributed by atoms with Crippen LogP contribution >= 0.6 is 0 Å². The second-order valence-electron chi connectivity index (χ2n) is 5.80. The lowest BCUT2D eigenvalue weighted by atomic mass is 10.1. The molecule has 0 radical (unpaired) electrons. The summed E-state index contributed by atoms with van der Waals surface area (Å²) in [5, 5.41) is 0.623. The molecule has 0 aliphatic heterocycles. The molecular formula is C18H13F3N2O3S. The molecule has 5 nitrogen and oxygen atoms in total. The van der Waals surface area contributed by atoms with Crippen LogP contribution in [0.4, 0.5) is 13.2 Å². The number of benzene rings is 2. The van der Waals surface area contributed by atoms with Crippen molar-refractivity contribution in [3.05, 3.63) is 71.2 Å². The van der Waals surface area contributed by atoms with Crippen LogP contribution in [0, 0.1) is 24.4 Å². The fourth-order valence-electron chi connectivity index (χ4n) is 2.56. The number of H-pyrrole nitrogens is 1. The molecule has 0 aliphatic carbocycles. The number of halogens is 3. The molecule has 0 fully saturated rings. The molecule has 3 aromatic rings. The Morgan fingerprint density at radius 1 is 1.04 bits per heavy atom. The first-order valence-corrected chi connectivity index (χ1v) is 9.12. The van der Waals surface area contributed by atoms with Crippen LogP contribution in [-0.4, -0.2) is 19.3 Å². The minimum absolute atomic E-state index is 0.336. The van der Waals surface area contributed by atoms with Crippen LogP contribution < -0.4 is 4.72 Å². The quantitative estimate of drug-likeness (QED) is 0.666. The summed E-state index contributed by atoms with van der Waals surface area (Å²) in [6.07, 6.45) is 3.79. The maximum atomic E-state index is 13.7. The molecule has 9 heteroatoms. The van der Waals surface area contributed by atoms with E-state index in [-0.39, 0.29) is 0 Å². The van der Waals surface area contributed by atoms with Gasteiger partial charge in [-0.05, 0) is 42.8 Å². The van der Waals surface area contributed by atoms with E-state index < -0.39 is 38.3 Å². The SMILES string of the molecule is Cc1c[nH]c2c(/C=C/C(=O)NS(=O)(=O)c3cc(F)cc(F)c3)cc(F)cc12. The van der Waals surface area contributed by atoms with Gasteiger partial charge in [-0.25, -0.2) is 26.3 Å². The van der Waals surface area contributed by atoms with E-state index in [9.17, 15) is 26.4 Å². The first-order valence-electron chi connectivity index (χ1n) is 7.64. The summed E-state index contributed by atoms with van der Waals surface area (Å²) in [4.78, 5) is 14.1. The van der Waals surface area contributed by atoms with E-state index in [1.165, 1.54) is 18.2 Å². The van der Waals surface area contributed by atoms with Gasteiger partial charge in [0.15, 0.2) is 0 Å². The summed E-state index contributed by atoms with van der Waals surface area (Å²) in [5.41, 5.74) is 1.72. The summed E-state index contributed by atoms with van der Waals surface area (Å²) in [6.45, 7) is 1.78. The lowest BCUT2D eigenvalue weighted by Crippen LogP contribution is -2.29. The Morgan fingerprint density at radius 2 is 1.67 bits per heavy atom. The van der Waals surface area contributed by atoms with Crippen molar-refractivity contribution in [1.29, 1.82) is 0 Å². The molecule has 27 heavy (non-hydrogen) atoms. The minimum Gasteiger partial charge on any atom is -0.360 e. The van der Waals surface area contributed by atoms with E-state index in [2.05, 4.69) is 4.98 Å². The normalized spacial score (nSPS) is 12.0. The zero-order valence-corrected chi connectivity index (χ0v) is 14.7. The third-order valence-electron chi connectivity index (χ3n) is 3.79. The molecule has 0 saturated heterocycles. The highest BCUT2D eigenvalue weighted by Gasteiger charge is 2.18. The first kappa shape index (κ1) is 18.7. The van der Waals surface area contributed by atoms with Gasteiger partial charge in [-0.1, -0.05) is 0 Å². The zero-order valence-electron chi connectivity index (χ0n) is 13.9. The van der Waals surface area contributed by atoms with Gasteiger partial charge in [0.1, 0.15) is 17.5 Å². The molecule has 0 aliphatic rings. The van der Waals surface area contributed by atoms with E-state index in [0.717, 1.165) is 11.6 Å². The molecule has 2 aromatic carbocycles. The zero-order chi connectivity index (χ0) is 19.8. The topological polar surface area (TPSA) is 79.0 Å². The lowest BCUT2D eigenvalue weighted by molar-refractivity contribution is -0.114. The van der Waals surface area contributed by atoms with Crippen molar-refractivity contribution in [2.75, 3.05) is 0 Å². The molecule has 0 atom stereocenters. The summed E-state index contributed by atoms with van der Waals surface area (Å²) in [7, 11) is -4.47. The van der Waals surface area contributed by atoms with Crippen molar-refractivity contribution in [1.82, 2.24) is 9.71 Å². The smallest absolute Gasteiger partial charge is 0.264 e. The number of hydrogen-bond acceptors (Lipinski definition) is 3. The average Bonchev–Trinajstić information content (AvgIpc) is 2.92. The Hall–Kier alpha value is -3.07. The highest BCUT2D eigenvalue weighted by molar-refractivity contribution is 7.90. The number of carbonyl (C=O) groups is 1. The number of carbonyl (C=O) groups excluding carboxylic acids is 1. The second kappa shape index (κ2) is 6.92. The van der Waals surface area contributed by atoms with Crippen molar-refractivity contribution in [2.45, 2.75) is 11.8 Å². The lowest BCUT2D eigenvalue weighted by Gasteiger charge is -2.05. The predicted molar refractivity (Wildman–Crippen MR) is 93.7 cm³/mol. The van der Waals surface area contributed by atoms with Crippen LogP contribution in [0.1, 0.15) is 11.1 Å². The summed E-state index contributed by atoms with van der Waals surface area (Å²) >= 11 is 0. The van der Waals surface area contributed by atoms with Gasteiger partial charge >= 0.3 is 0 Å². The number of hydrogen-bond donors (Lipinski definition) is 2. The number of aryl methyl sites for hydroxylation is 1. The predicted octanol–water partition coefficient (Wildman–Crippen LogP) is 3.41. The van der Waals surface area contributed by atoms with E-state index in [1.807, 2.05) is 0 Å². The molecule has 2 N–H and O–H groups in total. The number of aromatic amines is 1. The van der Waals surface area contributed by atoms with Crippen LogP contribution in [0.2, 0.25) is 0 Å². The first-order chi connectivity index (χ1) is 12.7. The monoisotopic (exact) mass is 394 g/mol. The molecule has 0 spiro atoms. The molecule has 1 aromatic heterocycles. The van der Waals surface area contributed by atoms with Crippen LogP contribution in [0.25, 0.3) is 17.0 Å². The van der Waals surface area contributed by atoms with Crippen molar-refractivity contribution >= 4 is 32.9 Å². The van der Waals surface area contributed by atoms with E-state index in [1.54, 1.807) is 17.8 Å². The number of fused-ring (bicyclic) bond motifs is 1. The van der Waals surface area contributed by atoms with Gasteiger partial charge < -0.3 is 4.98 Å². The molecule has 0 unspecified atom stereocenters. The maximum Gasteiger partial charge on any atom is 0.264 e. The standard InChI is InChI=1S/C18H13F3N2O3S/c1-10-9-22-18-11(4-12(19)8-16(10)18)2-3-17(24)23-27(25,26)15-6-13(20)5-14(21)7-15/h2-9,22H,1H3,(H,23,24)/b3-2+. The third kappa shape index (κ3) is 4.03. The van der Waals surface area contributed by atoms with Gasteiger partial charge in [-0.3, -0.25) is 4.79 Å². The largest absolute Gasteiger partial charge is 0.360 e. The average molecular weight is 394 g/mol. The number of amides is 1. The number of rotatable bonds is 4. The van der Waals surface area contributed by atoms with Crippen molar-refractivity contribution < 1.29 is 26.4 Å². The number of aromatic nitrogens is 1. The van der Waals surface area contributed by atoms with Crippen molar-refractivity contribution in [3.8, 4) is 0 Å². The van der Waals surface area contributed by atoms with Gasteiger partial charge in [0.25, 0.3) is 15.9 Å².